The lowest BCUT2D eigenvalue weighted by molar-refractivity contribution is 0.0683. The number of carbonyl (C=O) groups is 1. The van der Waals surface area contributed by atoms with Gasteiger partial charge in [0.2, 0.25) is 0 Å². The highest BCUT2D eigenvalue weighted by Crippen LogP contribution is 2.25. The van der Waals surface area contributed by atoms with Crippen molar-refractivity contribution < 1.29 is 9.90 Å². The number of aromatic nitrogens is 3. The quantitative estimate of drug-likeness (QED) is 0.768. The lowest BCUT2D eigenvalue weighted by atomic mass is 10.2. The van der Waals surface area contributed by atoms with Crippen molar-refractivity contribution >= 4 is 29.2 Å². The van der Waals surface area contributed by atoms with Crippen molar-refractivity contribution in [1.29, 1.82) is 0 Å². The van der Waals surface area contributed by atoms with Gasteiger partial charge in [-0.1, -0.05) is 29.3 Å². The third-order valence-electron chi connectivity index (χ3n) is 3.30. The number of nitrogens with zero attached hydrogens (tertiary/aromatic N) is 3. The van der Waals surface area contributed by atoms with Crippen LogP contribution in [0, 0.1) is 6.92 Å². The minimum Gasteiger partial charge on any atom is -0.475 e. The topological polar surface area (TPSA) is 68.0 Å². The predicted octanol–water partition coefficient (Wildman–Crippen LogP) is 4.25. The van der Waals surface area contributed by atoms with E-state index in [0.717, 1.165) is 5.56 Å². The Hall–Kier alpha value is -2.37. The molecule has 0 aliphatic rings. The number of carboxylic acid groups (broad SMARTS) is 1. The van der Waals surface area contributed by atoms with Gasteiger partial charge in [-0.2, -0.15) is 0 Å². The monoisotopic (exact) mass is 347 g/mol. The highest BCUT2D eigenvalue weighted by Gasteiger charge is 2.18. The zero-order chi connectivity index (χ0) is 16.6. The van der Waals surface area contributed by atoms with E-state index in [1.54, 1.807) is 36.4 Å². The predicted molar refractivity (Wildman–Crippen MR) is 88.5 cm³/mol. The molecule has 0 atom stereocenters. The number of carboxylic acids is 1. The Morgan fingerprint density at radius 3 is 2.43 bits per heavy atom. The molecular weight excluding hydrogens is 337 g/mol. The second-order valence-corrected chi connectivity index (χ2v) is 5.76. The molecule has 3 aromatic rings. The Morgan fingerprint density at radius 2 is 1.83 bits per heavy atom. The summed E-state index contributed by atoms with van der Waals surface area (Å²) < 4.78 is 1.46. The van der Waals surface area contributed by atoms with E-state index in [1.165, 1.54) is 4.68 Å². The Balaban J connectivity index is 2.20. The summed E-state index contributed by atoms with van der Waals surface area (Å²) in [7, 11) is 0. The van der Waals surface area contributed by atoms with E-state index in [1.807, 2.05) is 13.0 Å². The normalized spacial score (nSPS) is 10.7. The van der Waals surface area contributed by atoms with E-state index in [0.29, 0.717) is 27.1 Å². The zero-order valence-corrected chi connectivity index (χ0v) is 13.5. The molecule has 0 saturated carbocycles. The van der Waals surface area contributed by atoms with Crippen LogP contribution in [0.4, 0.5) is 0 Å². The van der Waals surface area contributed by atoms with Crippen molar-refractivity contribution in [3.63, 3.8) is 0 Å². The molecule has 0 aliphatic heterocycles. The van der Waals surface area contributed by atoms with Gasteiger partial charge in [0.15, 0.2) is 5.82 Å². The van der Waals surface area contributed by atoms with Crippen LogP contribution in [0.5, 0.6) is 0 Å². The van der Waals surface area contributed by atoms with Crippen molar-refractivity contribution in [2.75, 3.05) is 0 Å². The summed E-state index contributed by atoms with van der Waals surface area (Å²) in [4.78, 5) is 15.3. The fourth-order valence-corrected chi connectivity index (χ4v) is 2.38. The fourth-order valence-electron chi connectivity index (χ4n) is 2.08. The van der Waals surface area contributed by atoms with Gasteiger partial charge in [-0.25, -0.2) is 14.5 Å². The summed E-state index contributed by atoms with van der Waals surface area (Å²) in [6.07, 6.45) is 0. The van der Waals surface area contributed by atoms with Gasteiger partial charge in [0.1, 0.15) is 0 Å². The fraction of sp³-hybridized carbons (Fsp3) is 0.0625. The van der Waals surface area contributed by atoms with Crippen LogP contribution < -0.4 is 0 Å². The third-order valence-corrected chi connectivity index (χ3v) is 3.96. The van der Waals surface area contributed by atoms with Gasteiger partial charge in [-0.05, 0) is 48.9 Å². The molecule has 0 aliphatic carbocycles. The van der Waals surface area contributed by atoms with Crippen molar-refractivity contribution in [2.24, 2.45) is 0 Å². The van der Waals surface area contributed by atoms with Crippen LogP contribution in [-0.4, -0.2) is 25.8 Å². The van der Waals surface area contributed by atoms with E-state index < -0.39 is 5.97 Å². The number of rotatable bonds is 3. The van der Waals surface area contributed by atoms with Crippen LogP contribution >= 0.6 is 23.2 Å². The highest BCUT2D eigenvalue weighted by molar-refractivity contribution is 6.31. The molecule has 2 aromatic carbocycles. The average Bonchev–Trinajstić information content (AvgIpc) is 2.96. The summed E-state index contributed by atoms with van der Waals surface area (Å²) >= 11 is 12.1. The molecule has 116 valence electrons. The molecule has 0 spiro atoms. The maximum absolute atomic E-state index is 11.2. The molecule has 23 heavy (non-hydrogen) atoms. The van der Waals surface area contributed by atoms with E-state index in [-0.39, 0.29) is 5.82 Å². The van der Waals surface area contributed by atoms with Gasteiger partial charge >= 0.3 is 5.97 Å². The minimum atomic E-state index is -1.20. The van der Waals surface area contributed by atoms with E-state index in [9.17, 15) is 9.90 Å². The number of hydrogen-bond acceptors (Lipinski definition) is 3. The summed E-state index contributed by atoms with van der Waals surface area (Å²) in [6, 6.07) is 12.3. The van der Waals surface area contributed by atoms with E-state index >= 15 is 0 Å². The van der Waals surface area contributed by atoms with Gasteiger partial charge in [-0.3, -0.25) is 0 Å². The maximum Gasteiger partial charge on any atom is 0.375 e. The van der Waals surface area contributed by atoms with Crippen LogP contribution in [0.25, 0.3) is 17.1 Å². The third kappa shape index (κ3) is 3.06. The van der Waals surface area contributed by atoms with Crippen molar-refractivity contribution in [3.05, 3.63) is 63.9 Å². The Kier molecular flexibility index (Phi) is 4.07. The largest absolute Gasteiger partial charge is 0.475 e. The summed E-state index contributed by atoms with van der Waals surface area (Å²) in [6.45, 7) is 1.89. The smallest absolute Gasteiger partial charge is 0.375 e. The van der Waals surface area contributed by atoms with Gasteiger partial charge in [0, 0.05) is 15.6 Å². The minimum absolute atomic E-state index is 0.286. The van der Waals surface area contributed by atoms with Crippen LogP contribution in [0.2, 0.25) is 10.0 Å². The molecule has 0 fully saturated rings. The molecule has 3 rings (SSSR count). The first-order chi connectivity index (χ1) is 11.0. The van der Waals surface area contributed by atoms with Crippen LogP contribution in [0.3, 0.4) is 0 Å². The number of aryl methyl sites for hydroxylation is 1. The number of halogens is 2. The molecule has 0 unspecified atom stereocenters. The standard InChI is InChI=1S/C16H11Cl2N3O2/c1-9-2-7-12(8-13(9)18)21-15(19-14(20-21)16(22)23)10-3-5-11(17)6-4-10/h2-8H,1H3,(H,22,23). The first-order valence-corrected chi connectivity index (χ1v) is 7.44. The molecular formula is C16H11Cl2N3O2. The van der Waals surface area contributed by atoms with Crippen molar-refractivity contribution in [3.8, 4) is 17.1 Å². The average molecular weight is 348 g/mol. The van der Waals surface area contributed by atoms with Crippen molar-refractivity contribution in [2.45, 2.75) is 6.92 Å². The highest BCUT2D eigenvalue weighted by atomic mass is 35.5. The van der Waals surface area contributed by atoms with Gasteiger partial charge < -0.3 is 5.11 Å². The van der Waals surface area contributed by atoms with Gasteiger partial charge in [0.25, 0.3) is 5.82 Å². The molecule has 5 nitrogen and oxygen atoms in total. The lowest BCUT2D eigenvalue weighted by Gasteiger charge is -2.07. The van der Waals surface area contributed by atoms with E-state index in [2.05, 4.69) is 10.1 Å². The van der Waals surface area contributed by atoms with Crippen molar-refractivity contribution in [1.82, 2.24) is 14.8 Å². The van der Waals surface area contributed by atoms with Crippen LogP contribution in [0.1, 0.15) is 16.2 Å². The SMILES string of the molecule is Cc1ccc(-n2nc(C(=O)O)nc2-c2ccc(Cl)cc2)cc1Cl. The van der Waals surface area contributed by atoms with Gasteiger partial charge in [0.05, 0.1) is 5.69 Å². The first-order valence-electron chi connectivity index (χ1n) is 6.68. The molecule has 0 amide bonds. The lowest BCUT2D eigenvalue weighted by Crippen LogP contribution is -2.02. The molecule has 1 N–H and O–H groups in total. The molecule has 1 aromatic heterocycles. The summed E-state index contributed by atoms with van der Waals surface area (Å²) in [5, 5.41) is 14.4. The Labute approximate surface area is 142 Å². The van der Waals surface area contributed by atoms with Gasteiger partial charge in [-0.15, -0.1) is 5.10 Å². The molecule has 0 saturated heterocycles. The number of hydrogen-bond donors (Lipinski definition) is 1. The second-order valence-electron chi connectivity index (χ2n) is 4.92. The maximum atomic E-state index is 11.2. The zero-order valence-electron chi connectivity index (χ0n) is 12.0. The summed E-state index contributed by atoms with van der Waals surface area (Å²) in [5.41, 5.74) is 2.25. The van der Waals surface area contributed by atoms with E-state index in [4.69, 9.17) is 23.2 Å². The Bertz CT molecular complexity index is 889. The number of aromatic carboxylic acids is 1. The number of benzene rings is 2. The summed E-state index contributed by atoms with van der Waals surface area (Å²) in [5.74, 6) is -1.08. The molecule has 1 heterocycles. The molecule has 0 bridgehead atoms. The Morgan fingerprint density at radius 1 is 1.13 bits per heavy atom. The van der Waals surface area contributed by atoms with Crippen LogP contribution in [-0.2, 0) is 0 Å². The first kappa shape index (κ1) is 15.5. The molecule has 7 heteroatoms. The van der Waals surface area contributed by atoms with Crippen LogP contribution in [0.15, 0.2) is 42.5 Å². The molecule has 0 radical (unpaired) electrons. The second kappa shape index (κ2) is 6.02.